The van der Waals surface area contributed by atoms with Crippen LogP contribution in [0, 0.1) is 13.8 Å². The van der Waals surface area contributed by atoms with Gasteiger partial charge in [0.15, 0.2) is 0 Å². The van der Waals surface area contributed by atoms with Crippen LogP contribution in [0.2, 0.25) is 5.02 Å². The Labute approximate surface area is 133 Å². The Bertz CT molecular complexity index is 748. The van der Waals surface area contributed by atoms with Crippen molar-refractivity contribution in [3.05, 3.63) is 38.8 Å². The second kappa shape index (κ2) is 5.92. The summed E-state index contributed by atoms with van der Waals surface area (Å²) in [7, 11) is -2.11. The number of aromatic nitrogens is 1. The molecule has 0 aliphatic heterocycles. The quantitative estimate of drug-likeness (QED) is 0.864. The number of rotatable bonds is 4. The van der Waals surface area contributed by atoms with E-state index in [9.17, 15) is 8.42 Å². The Hall–Kier alpha value is -1.15. The molecule has 2 aromatic rings. The van der Waals surface area contributed by atoms with Gasteiger partial charge in [0, 0.05) is 12.4 Å². The van der Waals surface area contributed by atoms with E-state index in [1.165, 1.54) is 34.8 Å². The Kier molecular flexibility index (Phi) is 4.57. The molecule has 1 aromatic heterocycles. The van der Waals surface area contributed by atoms with Crippen molar-refractivity contribution in [1.82, 2.24) is 9.29 Å². The molecule has 5 nitrogen and oxygen atoms in total. The summed E-state index contributed by atoms with van der Waals surface area (Å²) in [6.07, 6.45) is 0. The first-order valence-corrected chi connectivity index (χ1v) is 8.84. The maximum atomic E-state index is 12.6. The number of nitrogens with zero attached hydrogens (tertiary/aromatic N) is 2. The van der Waals surface area contributed by atoms with Crippen LogP contribution in [0.4, 0.5) is 5.69 Å². The molecule has 0 saturated heterocycles. The summed E-state index contributed by atoms with van der Waals surface area (Å²) in [6, 6.07) is 2.91. The number of nitrogen functional groups attached to an aromatic ring is 1. The van der Waals surface area contributed by atoms with Crippen molar-refractivity contribution in [3.8, 4) is 0 Å². The van der Waals surface area contributed by atoms with Crippen LogP contribution in [0.25, 0.3) is 0 Å². The molecule has 0 saturated carbocycles. The van der Waals surface area contributed by atoms with Gasteiger partial charge in [-0.15, -0.1) is 11.3 Å². The first-order chi connectivity index (χ1) is 9.71. The second-order valence-electron chi connectivity index (χ2n) is 4.76. The predicted molar refractivity (Wildman–Crippen MR) is 86.1 cm³/mol. The van der Waals surface area contributed by atoms with Crippen LogP contribution >= 0.6 is 22.9 Å². The second-order valence-corrected chi connectivity index (χ2v) is 8.25. The molecule has 0 bridgehead atoms. The van der Waals surface area contributed by atoms with Crippen molar-refractivity contribution < 1.29 is 8.42 Å². The van der Waals surface area contributed by atoms with Crippen LogP contribution < -0.4 is 5.73 Å². The number of halogens is 1. The standard InChI is InChI=1S/C13H16ClN3O2S2/c1-8-4-11(5-12(15)13(8)14)21(18,19)17(3)6-10-7-20-9(2)16-10/h4-5,7H,6,15H2,1-3H3. The number of aryl methyl sites for hydroxylation is 2. The highest BCUT2D eigenvalue weighted by Crippen LogP contribution is 2.28. The zero-order chi connectivity index (χ0) is 15.8. The van der Waals surface area contributed by atoms with Crippen molar-refractivity contribution in [2.45, 2.75) is 25.3 Å². The molecule has 0 fully saturated rings. The van der Waals surface area contributed by atoms with Gasteiger partial charge in [-0.1, -0.05) is 11.6 Å². The lowest BCUT2D eigenvalue weighted by atomic mass is 10.2. The van der Waals surface area contributed by atoms with Crippen LogP contribution in [0.5, 0.6) is 0 Å². The van der Waals surface area contributed by atoms with Crippen molar-refractivity contribution in [2.75, 3.05) is 12.8 Å². The summed E-state index contributed by atoms with van der Waals surface area (Å²) in [4.78, 5) is 4.41. The molecule has 0 atom stereocenters. The summed E-state index contributed by atoms with van der Waals surface area (Å²) < 4.78 is 26.4. The minimum atomic E-state index is -3.63. The number of nitrogens with two attached hydrogens (primary N) is 1. The van der Waals surface area contributed by atoms with E-state index in [4.69, 9.17) is 17.3 Å². The Balaban J connectivity index is 2.33. The number of benzene rings is 1. The van der Waals surface area contributed by atoms with Gasteiger partial charge in [0.25, 0.3) is 0 Å². The third kappa shape index (κ3) is 3.37. The molecule has 1 aromatic carbocycles. The summed E-state index contributed by atoms with van der Waals surface area (Å²) in [5.41, 5.74) is 7.36. The first-order valence-electron chi connectivity index (χ1n) is 6.15. The van der Waals surface area contributed by atoms with Crippen molar-refractivity contribution in [3.63, 3.8) is 0 Å². The summed E-state index contributed by atoms with van der Waals surface area (Å²) >= 11 is 7.46. The zero-order valence-corrected chi connectivity index (χ0v) is 14.3. The normalized spacial score (nSPS) is 12.0. The number of anilines is 1. The molecule has 1 heterocycles. The Morgan fingerprint density at radius 1 is 1.38 bits per heavy atom. The zero-order valence-electron chi connectivity index (χ0n) is 11.9. The fourth-order valence-corrected chi connectivity index (χ4v) is 3.86. The maximum absolute atomic E-state index is 12.6. The molecule has 21 heavy (non-hydrogen) atoms. The highest BCUT2D eigenvalue weighted by atomic mass is 35.5. The number of hydrogen-bond donors (Lipinski definition) is 1. The fraction of sp³-hybridized carbons (Fsp3) is 0.308. The van der Waals surface area contributed by atoms with Gasteiger partial charge < -0.3 is 5.73 Å². The van der Waals surface area contributed by atoms with E-state index in [0.717, 1.165) is 10.7 Å². The molecule has 8 heteroatoms. The molecular weight excluding hydrogens is 330 g/mol. The lowest BCUT2D eigenvalue weighted by Gasteiger charge is -2.17. The van der Waals surface area contributed by atoms with E-state index < -0.39 is 10.0 Å². The van der Waals surface area contributed by atoms with E-state index in [1.54, 1.807) is 6.92 Å². The summed E-state index contributed by atoms with van der Waals surface area (Å²) in [5, 5.41) is 3.14. The molecule has 0 unspecified atom stereocenters. The van der Waals surface area contributed by atoms with Gasteiger partial charge in [0.1, 0.15) is 0 Å². The Morgan fingerprint density at radius 3 is 2.57 bits per heavy atom. The highest BCUT2D eigenvalue weighted by Gasteiger charge is 2.23. The van der Waals surface area contributed by atoms with Crippen LogP contribution in [0.15, 0.2) is 22.4 Å². The topological polar surface area (TPSA) is 76.3 Å². The molecule has 0 aliphatic carbocycles. The predicted octanol–water partition coefficient (Wildman–Crippen LogP) is 2.82. The number of thiazole rings is 1. The van der Waals surface area contributed by atoms with Crippen molar-refractivity contribution in [2.24, 2.45) is 0 Å². The van der Waals surface area contributed by atoms with Crippen LogP contribution in [-0.4, -0.2) is 24.8 Å². The molecule has 0 spiro atoms. The van der Waals surface area contributed by atoms with Crippen LogP contribution in [0.1, 0.15) is 16.3 Å². The Morgan fingerprint density at radius 2 is 2.05 bits per heavy atom. The largest absolute Gasteiger partial charge is 0.397 e. The van der Waals surface area contributed by atoms with Crippen LogP contribution in [-0.2, 0) is 16.6 Å². The minimum absolute atomic E-state index is 0.136. The van der Waals surface area contributed by atoms with Gasteiger partial charge in [0.05, 0.1) is 32.9 Å². The summed E-state index contributed by atoms with van der Waals surface area (Å²) in [5.74, 6) is 0. The smallest absolute Gasteiger partial charge is 0.243 e. The molecule has 2 rings (SSSR count). The van der Waals surface area contributed by atoms with Gasteiger partial charge in [-0.3, -0.25) is 0 Å². The SMILES string of the molecule is Cc1nc(CN(C)S(=O)(=O)c2cc(C)c(Cl)c(N)c2)cs1. The third-order valence-corrected chi connectivity index (χ3v) is 6.14. The van der Waals surface area contributed by atoms with E-state index in [1.807, 2.05) is 12.3 Å². The average Bonchev–Trinajstić information content (AvgIpc) is 2.80. The third-order valence-electron chi connectivity index (χ3n) is 3.02. The number of sulfonamides is 1. The monoisotopic (exact) mass is 345 g/mol. The van der Waals surface area contributed by atoms with Crippen LogP contribution in [0.3, 0.4) is 0 Å². The van der Waals surface area contributed by atoms with E-state index in [2.05, 4.69) is 4.98 Å². The van der Waals surface area contributed by atoms with Gasteiger partial charge >= 0.3 is 0 Å². The molecule has 0 amide bonds. The van der Waals surface area contributed by atoms with E-state index in [0.29, 0.717) is 10.6 Å². The molecule has 0 radical (unpaired) electrons. The van der Waals surface area contributed by atoms with E-state index >= 15 is 0 Å². The fourth-order valence-electron chi connectivity index (χ4n) is 1.89. The number of hydrogen-bond acceptors (Lipinski definition) is 5. The minimum Gasteiger partial charge on any atom is -0.397 e. The molecule has 2 N–H and O–H groups in total. The van der Waals surface area contributed by atoms with Crippen molar-refractivity contribution in [1.29, 1.82) is 0 Å². The highest BCUT2D eigenvalue weighted by molar-refractivity contribution is 7.89. The van der Waals surface area contributed by atoms with Gasteiger partial charge in [-0.25, -0.2) is 13.4 Å². The summed E-state index contributed by atoms with van der Waals surface area (Å²) in [6.45, 7) is 3.82. The molecule has 114 valence electrons. The van der Waals surface area contributed by atoms with Gasteiger partial charge in [-0.2, -0.15) is 4.31 Å². The maximum Gasteiger partial charge on any atom is 0.243 e. The molecule has 0 aliphatic rings. The van der Waals surface area contributed by atoms with Gasteiger partial charge in [-0.05, 0) is 31.5 Å². The van der Waals surface area contributed by atoms with E-state index in [-0.39, 0.29) is 17.1 Å². The lowest BCUT2D eigenvalue weighted by molar-refractivity contribution is 0.463. The average molecular weight is 346 g/mol. The lowest BCUT2D eigenvalue weighted by Crippen LogP contribution is -2.26. The van der Waals surface area contributed by atoms with Crippen molar-refractivity contribution >= 4 is 38.6 Å². The van der Waals surface area contributed by atoms with Gasteiger partial charge in [0.2, 0.25) is 10.0 Å². The molecular formula is C13H16ClN3O2S2. The first kappa shape index (κ1) is 16.2.